The van der Waals surface area contributed by atoms with Gasteiger partial charge in [-0.3, -0.25) is 4.68 Å². The van der Waals surface area contributed by atoms with Crippen molar-refractivity contribution in [2.75, 3.05) is 0 Å². The number of H-pyrrole nitrogens is 1. The fourth-order valence-corrected chi connectivity index (χ4v) is 3.74. The van der Waals surface area contributed by atoms with Crippen LogP contribution in [0.2, 0.25) is 5.02 Å². The number of aromatic amines is 1. The van der Waals surface area contributed by atoms with Gasteiger partial charge in [0.2, 0.25) is 5.82 Å². The zero-order chi connectivity index (χ0) is 20.9. The summed E-state index contributed by atoms with van der Waals surface area (Å²) in [6, 6.07) is 9.01. The average Bonchev–Trinajstić information content (AvgIpc) is 3.46. The molecule has 2 N–H and O–H groups in total. The molecule has 1 aromatic carbocycles. The van der Waals surface area contributed by atoms with Gasteiger partial charge in [0.05, 0.1) is 11.8 Å². The van der Waals surface area contributed by atoms with Crippen molar-refractivity contribution in [3.63, 3.8) is 0 Å². The summed E-state index contributed by atoms with van der Waals surface area (Å²) in [5, 5.41) is 20.5. The van der Waals surface area contributed by atoms with Crippen LogP contribution in [-0.4, -0.2) is 35.0 Å². The Morgan fingerprint density at radius 1 is 1.20 bits per heavy atom. The maximum Gasteiger partial charge on any atom is 0.260 e. The molecule has 5 aromatic rings. The predicted molar refractivity (Wildman–Crippen MR) is 112 cm³/mol. The summed E-state index contributed by atoms with van der Waals surface area (Å²) in [7, 11) is 1.86. The summed E-state index contributed by atoms with van der Waals surface area (Å²) in [5.41, 5.74) is 2.24. The highest BCUT2D eigenvalue weighted by atomic mass is 35.5. The Labute approximate surface area is 176 Å². The molecule has 0 fully saturated rings. The largest absolute Gasteiger partial charge is 0.377 e. The van der Waals surface area contributed by atoms with Crippen LogP contribution in [0.3, 0.4) is 0 Å². The molecule has 4 heterocycles. The van der Waals surface area contributed by atoms with Crippen LogP contribution in [0.1, 0.15) is 18.3 Å². The number of aliphatic hydroxyl groups is 1. The smallest absolute Gasteiger partial charge is 0.260 e. The molecule has 0 spiro atoms. The van der Waals surface area contributed by atoms with E-state index >= 15 is 0 Å². The minimum absolute atomic E-state index is 0.122. The van der Waals surface area contributed by atoms with E-state index in [1.807, 2.05) is 19.3 Å². The van der Waals surface area contributed by atoms with Gasteiger partial charge in [-0.25, -0.2) is 4.98 Å². The average molecular weight is 421 g/mol. The molecule has 5 rings (SSSR count). The number of nitrogens with one attached hydrogen (secondary N) is 1. The number of nitrogens with zero attached hydrogens (tertiary/aromatic N) is 5. The van der Waals surface area contributed by atoms with Crippen LogP contribution in [0.15, 0.2) is 59.6 Å². The molecule has 0 aliphatic heterocycles. The maximum absolute atomic E-state index is 11.1. The van der Waals surface area contributed by atoms with E-state index in [4.69, 9.17) is 16.1 Å². The molecule has 0 radical (unpaired) electrons. The first-order chi connectivity index (χ1) is 14.4. The first-order valence-corrected chi connectivity index (χ1v) is 9.59. The fourth-order valence-electron chi connectivity index (χ4n) is 3.42. The van der Waals surface area contributed by atoms with Gasteiger partial charge in [-0.15, -0.1) is 0 Å². The number of hydrogen-bond donors (Lipinski definition) is 2. The van der Waals surface area contributed by atoms with Gasteiger partial charge in [-0.1, -0.05) is 35.0 Å². The summed E-state index contributed by atoms with van der Waals surface area (Å²) in [6.45, 7) is 1.58. The van der Waals surface area contributed by atoms with Crippen molar-refractivity contribution in [3.8, 4) is 22.6 Å². The standard InChI is InChI=1S/C21H17ClN6O2/c1-21(29,16-5-3-4-6-17(16)22)20-26-19(30-27-20)15-10-24-18-14(15)7-12(8-23-18)13-9-25-28(2)11-13/h3-11,29H,1-2H3,(H,23,24). The highest BCUT2D eigenvalue weighted by molar-refractivity contribution is 6.31. The lowest BCUT2D eigenvalue weighted by Crippen LogP contribution is -2.24. The van der Waals surface area contributed by atoms with Crippen molar-refractivity contribution >= 4 is 22.6 Å². The summed E-state index contributed by atoms with van der Waals surface area (Å²) in [4.78, 5) is 12.0. The third-order valence-electron chi connectivity index (χ3n) is 5.06. The van der Waals surface area contributed by atoms with Crippen LogP contribution in [0.4, 0.5) is 0 Å². The molecule has 4 aromatic heterocycles. The second kappa shape index (κ2) is 6.79. The Morgan fingerprint density at radius 3 is 2.80 bits per heavy atom. The minimum atomic E-state index is -1.51. The summed E-state index contributed by atoms with van der Waals surface area (Å²) < 4.78 is 7.22. The highest BCUT2D eigenvalue weighted by Gasteiger charge is 2.33. The van der Waals surface area contributed by atoms with E-state index in [1.54, 1.807) is 54.5 Å². The van der Waals surface area contributed by atoms with Crippen LogP contribution in [0.5, 0.6) is 0 Å². The first kappa shape index (κ1) is 18.5. The molecule has 1 unspecified atom stereocenters. The number of pyridine rings is 1. The molecule has 0 aliphatic rings. The van der Waals surface area contributed by atoms with Gasteiger partial charge in [0.1, 0.15) is 5.65 Å². The Bertz CT molecular complexity index is 1370. The maximum atomic E-state index is 11.1. The van der Waals surface area contributed by atoms with Crippen LogP contribution < -0.4 is 0 Å². The molecule has 8 nitrogen and oxygen atoms in total. The normalized spacial score (nSPS) is 13.6. The second-order valence-corrected chi connectivity index (χ2v) is 7.61. The molecular formula is C21H17ClN6O2. The zero-order valence-electron chi connectivity index (χ0n) is 16.2. The highest BCUT2D eigenvalue weighted by Crippen LogP contribution is 2.35. The number of benzene rings is 1. The van der Waals surface area contributed by atoms with Gasteiger partial charge < -0.3 is 14.6 Å². The summed E-state index contributed by atoms with van der Waals surface area (Å²) >= 11 is 6.25. The Hall–Kier alpha value is -3.49. The van der Waals surface area contributed by atoms with Crippen LogP contribution in [0, 0.1) is 0 Å². The molecule has 0 aliphatic carbocycles. The molecule has 0 saturated heterocycles. The number of hydrogen-bond acceptors (Lipinski definition) is 6. The van der Waals surface area contributed by atoms with Crippen molar-refractivity contribution in [1.82, 2.24) is 29.9 Å². The van der Waals surface area contributed by atoms with Gasteiger partial charge in [-0.05, 0) is 19.1 Å². The van der Waals surface area contributed by atoms with E-state index in [-0.39, 0.29) is 11.7 Å². The van der Waals surface area contributed by atoms with Gasteiger partial charge in [-0.2, -0.15) is 10.1 Å². The first-order valence-electron chi connectivity index (χ1n) is 9.21. The third-order valence-corrected chi connectivity index (χ3v) is 5.39. The molecule has 150 valence electrons. The van der Waals surface area contributed by atoms with E-state index < -0.39 is 5.60 Å². The summed E-state index contributed by atoms with van der Waals surface area (Å²) in [6.07, 6.45) is 7.23. The lowest BCUT2D eigenvalue weighted by Gasteiger charge is -2.20. The number of fused-ring (bicyclic) bond motifs is 1. The van der Waals surface area contributed by atoms with E-state index in [0.717, 1.165) is 16.5 Å². The van der Waals surface area contributed by atoms with Crippen LogP contribution in [0.25, 0.3) is 33.6 Å². The van der Waals surface area contributed by atoms with Crippen molar-refractivity contribution in [1.29, 1.82) is 0 Å². The van der Waals surface area contributed by atoms with Crippen LogP contribution in [-0.2, 0) is 12.6 Å². The number of rotatable bonds is 4. The SMILES string of the molecule is Cn1cc(-c2cnc3[nH]cc(-c4nc(C(C)(O)c5ccccc5Cl)no4)c3c2)cn1. The van der Waals surface area contributed by atoms with Crippen molar-refractivity contribution in [3.05, 3.63) is 71.5 Å². The van der Waals surface area contributed by atoms with Gasteiger partial charge in [0, 0.05) is 52.7 Å². The molecule has 1 atom stereocenters. The van der Waals surface area contributed by atoms with Crippen molar-refractivity contribution in [2.45, 2.75) is 12.5 Å². The fraction of sp³-hybridized carbons (Fsp3) is 0.143. The van der Waals surface area contributed by atoms with E-state index in [2.05, 4.69) is 25.2 Å². The van der Waals surface area contributed by atoms with Crippen molar-refractivity contribution in [2.24, 2.45) is 7.05 Å². The Balaban J connectivity index is 1.57. The lowest BCUT2D eigenvalue weighted by atomic mass is 9.95. The number of aryl methyl sites for hydroxylation is 1. The van der Waals surface area contributed by atoms with Crippen molar-refractivity contribution < 1.29 is 9.63 Å². The van der Waals surface area contributed by atoms with E-state index in [0.29, 0.717) is 21.8 Å². The van der Waals surface area contributed by atoms with Gasteiger partial charge in [0.15, 0.2) is 5.60 Å². The topological polar surface area (TPSA) is 106 Å². The molecule has 0 saturated carbocycles. The third kappa shape index (κ3) is 2.97. The monoisotopic (exact) mass is 420 g/mol. The zero-order valence-corrected chi connectivity index (χ0v) is 16.9. The quantitative estimate of drug-likeness (QED) is 0.456. The molecule has 30 heavy (non-hydrogen) atoms. The predicted octanol–water partition coefficient (Wildman–Crippen LogP) is 3.92. The lowest BCUT2D eigenvalue weighted by molar-refractivity contribution is 0.0893. The summed E-state index contributed by atoms with van der Waals surface area (Å²) in [5.74, 6) is 0.394. The molecular weight excluding hydrogens is 404 g/mol. The molecule has 9 heteroatoms. The van der Waals surface area contributed by atoms with E-state index in [1.165, 1.54) is 0 Å². The van der Waals surface area contributed by atoms with E-state index in [9.17, 15) is 5.11 Å². The Morgan fingerprint density at radius 2 is 2.03 bits per heavy atom. The number of halogens is 1. The number of aromatic nitrogens is 6. The minimum Gasteiger partial charge on any atom is -0.377 e. The van der Waals surface area contributed by atoms with Gasteiger partial charge in [0.25, 0.3) is 5.89 Å². The molecule has 0 bridgehead atoms. The Kier molecular flexibility index (Phi) is 4.19. The molecule has 0 amide bonds. The second-order valence-electron chi connectivity index (χ2n) is 7.20. The van der Waals surface area contributed by atoms with Crippen LogP contribution >= 0.6 is 11.6 Å². The van der Waals surface area contributed by atoms with Gasteiger partial charge >= 0.3 is 0 Å².